The first kappa shape index (κ1) is 19.4. The van der Waals surface area contributed by atoms with E-state index in [1.54, 1.807) is 0 Å². The second kappa shape index (κ2) is 6.34. The van der Waals surface area contributed by atoms with Crippen LogP contribution < -0.4 is 0 Å². The van der Waals surface area contributed by atoms with Crippen LogP contribution in [0.3, 0.4) is 0 Å². The van der Waals surface area contributed by atoms with E-state index in [1.165, 1.54) is 12.3 Å². The predicted octanol–water partition coefficient (Wildman–Crippen LogP) is 4.28. The van der Waals surface area contributed by atoms with E-state index in [4.69, 9.17) is 0 Å². The fourth-order valence-electron chi connectivity index (χ4n) is 2.99. The van der Waals surface area contributed by atoms with E-state index in [2.05, 4.69) is 15.2 Å². The van der Waals surface area contributed by atoms with Crippen LogP contribution in [0.5, 0.6) is 0 Å². The van der Waals surface area contributed by atoms with Crippen LogP contribution >= 0.6 is 0 Å². The molecule has 12 heteroatoms. The van der Waals surface area contributed by atoms with Gasteiger partial charge in [-0.2, -0.15) is 42.0 Å². The van der Waals surface area contributed by atoms with Gasteiger partial charge in [-0.05, 0) is 17.7 Å². The Morgan fingerprint density at radius 2 is 1.71 bits per heavy atom. The van der Waals surface area contributed by atoms with Gasteiger partial charge in [0.25, 0.3) is 0 Å². The summed E-state index contributed by atoms with van der Waals surface area (Å²) in [5.41, 5.74) is -5.96. The molecule has 0 spiro atoms. The molecule has 2 atom stereocenters. The Labute approximate surface area is 151 Å². The monoisotopic (exact) mass is 401 g/mol. The molecule has 1 aliphatic heterocycles. The molecule has 0 saturated heterocycles. The molecular weight excluding hydrogens is 395 g/mol. The maximum Gasteiger partial charge on any atom is 0.434 e. The van der Waals surface area contributed by atoms with E-state index in [-0.39, 0.29) is 10.9 Å². The van der Waals surface area contributed by atoms with Crippen LogP contribution in [-0.2, 0) is 0 Å². The van der Waals surface area contributed by atoms with Gasteiger partial charge in [0.2, 0.25) is 0 Å². The number of nitriles is 2. The number of halogens is 7. The highest BCUT2D eigenvalue weighted by molar-refractivity contribution is 5.97. The van der Waals surface area contributed by atoms with Crippen molar-refractivity contribution in [2.75, 3.05) is 0 Å². The van der Waals surface area contributed by atoms with Crippen LogP contribution in [0.2, 0.25) is 0 Å². The van der Waals surface area contributed by atoms with Crippen molar-refractivity contribution in [3.05, 3.63) is 41.0 Å². The molecule has 0 aliphatic carbocycles. The van der Waals surface area contributed by atoms with Gasteiger partial charge in [0.05, 0.1) is 29.4 Å². The average Bonchev–Trinajstić information content (AvgIpc) is 3.04. The summed E-state index contributed by atoms with van der Waals surface area (Å²) in [6.07, 6.45) is -9.65. The van der Waals surface area contributed by atoms with Gasteiger partial charge >= 0.3 is 12.4 Å². The minimum absolute atomic E-state index is 0.133. The van der Waals surface area contributed by atoms with E-state index in [1.807, 2.05) is 0 Å². The van der Waals surface area contributed by atoms with Gasteiger partial charge in [-0.25, -0.2) is 9.38 Å². The number of hydrogen-bond acceptors (Lipinski definition) is 4. The second-order valence-corrected chi connectivity index (χ2v) is 5.78. The predicted molar refractivity (Wildman–Crippen MR) is 80.1 cm³/mol. The Morgan fingerprint density at radius 1 is 1.04 bits per heavy atom. The van der Waals surface area contributed by atoms with Crippen molar-refractivity contribution in [1.82, 2.24) is 10.2 Å². The van der Waals surface area contributed by atoms with Gasteiger partial charge in [-0.15, -0.1) is 0 Å². The number of alkyl halides is 6. The Bertz CT molecular complexity index is 1090. The zero-order valence-electron chi connectivity index (χ0n) is 13.3. The molecule has 144 valence electrons. The third kappa shape index (κ3) is 3.07. The molecule has 0 amide bonds. The van der Waals surface area contributed by atoms with Crippen LogP contribution in [0, 0.1) is 34.4 Å². The third-order valence-electron chi connectivity index (χ3n) is 4.14. The van der Waals surface area contributed by atoms with Crippen LogP contribution in [0.25, 0.3) is 10.9 Å². The average molecular weight is 401 g/mol. The smallest absolute Gasteiger partial charge is 0.278 e. The van der Waals surface area contributed by atoms with Crippen molar-refractivity contribution in [3.63, 3.8) is 0 Å². The minimum atomic E-state index is -5.42. The summed E-state index contributed by atoms with van der Waals surface area (Å²) in [5.74, 6) is -5.70. The molecule has 2 heterocycles. The number of aromatic nitrogens is 2. The number of H-pyrrole nitrogens is 1. The zero-order valence-corrected chi connectivity index (χ0v) is 13.3. The van der Waals surface area contributed by atoms with Crippen molar-refractivity contribution in [2.24, 2.45) is 10.9 Å². The molecule has 0 saturated carbocycles. The van der Waals surface area contributed by atoms with E-state index in [9.17, 15) is 41.3 Å². The number of hydrogen-bond donors (Lipinski definition) is 1. The summed E-state index contributed by atoms with van der Waals surface area (Å²) in [7, 11) is 0. The molecule has 0 bridgehead atoms. The largest absolute Gasteiger partial charge is 0.434 e. The molecule has 0 fully saturated rings. The molecule has 1 aromatic heterocycles. The zero-order chi connectivity index (χ0) is 20.9. The summed E-state index contributed by atoms with van der Waals surface area (Å²) in [4.78, 5) is 2.55. The quantitative estimate of drug-likeness (QED) is 0.724. The first-order valence-corrected chi connectivity index (χ1v) is 7.38. The van der Waals surface area contributed by atoms with Crippen molar-refractivity contribution in [3.8, 4) is 12.1 Å². The lowest BCUT2D eigenvalue weighted by Gasteiger charge is -2.30. The standard InChI is InChI=1S/C16H6F7N5/c17-10-2-11-6(5-26-28-11)1-7(10)12-8(3-24)13(15(18,19)20)27-14(9(12)4-25)16(21,22)23/h1-2,5,8,12H,(H,26,28). The summed E-state index contributed by atoms with van der Waals surface area (Å²) in [6, 6.07) is 4.14. The lowest BCUT2D eigenvalue weighted by Crippen LogP contribution is -2.39. The Hall–Kier alpha value is -3.41. The Morgan fingerprint density at radius 3 is 2.25 bits per heavy atom. The Balaban J connectivity index is 2.37. The molecule has 5 nitrogen and oxygen atoms in total. The summed E-state index contributed by atoms with van der Waals surface area (Å²) < 4.78 is 94.3. The highest BCUT2D eigenvalue weighted by Crippen LogP contribution is 2.46. The molecule has 1 aromatic carbocycles. The number of nitrogens with zero attached hydrogens (tertiary/aromatic N) is 4. The van der Waals surface area contributed by atoms with Crippen LogP contribution in [0.4, 0.5) is 30.7 Å². The van der Waals surface area contributed by atoms with Crippen molar-refractivity contribution in [1.29, 1.82) is 10.5 Å². The molecule has 1 aliphatic rings. The highest BCUT2D eigenvalue weighted by Gasteiger charge is 2.53. The van der Waals surface area contributed by atoms with Crippen molar-refractivity contribution in [2.45, 2.75) is 18.3 Å². The van der Waals surface area contributed by atoms with Gasteiger partial charge in [-0.1, -0.05) is 0 Å². The van der Waals surface area contributed by atoms with Gasteiger partial charge in [0, 0.05) is 11.3 Å². The molecule has 2 aromatic rings. The first-order valence-electron chi connectivity index (χ1n) is 7.38. The number of rotatable bonds is 1. The molecular formula is C16H6F7N5. The molecule has 0 radical (unpaired) electrons. The summed E-state index contributed by atoms with van der Waals surface area (Å²) in [5, 5.41) is 24.6. The maximum absolute atomic E-state index is 14.6. The summed E-state index contributed by atoms with van der Waals surface area (Å²) >= 11 is 0. The SMILES string of the molecule is N#CC1=C(C(F)(F)F)N=C(C(F)(F)F)C(C#N)C1c1cc2cn[nH]c2cc1F. The lowest BCUT2D eigenvalue weighted by atomic mass is 9.75. The topological polar surface area (TPSA) is 88.6 Å². The molecule has 1 N–H and O–H groups in total. The fourth-order valence-corrected chi connectivity index (χ4v) is 2.99. The molecule has 28 heavy (non-hydrogen) atoms. The van der Waals surface area contributed by atoms with Crippen molar-refractivity contribution >= 4 is 16.6 Å². The molecule has 3 rings (SSSR count). The number of allylic oxidation sites excluding steroid dienone is 2. The van der Waals surface area contributed by atoms with E-state index in [0.29, 0.717) is 0 Å². The number of fused-ring (bicyclic) bond motifs is 1. The van der Waals surface area contributed by atoms with E-state index < -0.39 is 52.6 Å². The lowest BCUT2D eigenvalue weighted by molar-refractivity contribution is -0.0950. The van der Waals surface area contributed by atoms with Gasteiger partial charge in [0.15, 0.2) is 5.70 Å². The Kier molecular flexibility index (Phi) is 4.38. The maximum atomic E-state index is 14.6. The van der Waals surface area contributed by atoms with Crippen molar-refractivity contribution < 1.29 is 30.7 Å². The van der Waals surface area contributed by atoms with Gasteiger partial charge in [-0.3, -0.25) is 5.10 Å². The highest BCUT2D eigenvalue weighted by atomic mass is 19.4. The van der Waals surface area contributed by atoms with Crippen LogP contribution in [0.15, 0.2) is 34.6 Å². The number of aromatic amines is 1. The normalized spacial score (nSPS) is 20.7. The van der Waals surface area contributed by atoms with Gasteiger partial charge < -0.3 is 0 Å². The fraction of sp³-hybridized carbons (Fsp3) is 0.250. The minimum Gasteiger partial charge on any atom is -0.278 e. The second-order valence-electron chi connectivity index (χ2n) is 5.78. The number of benzene rings is 1. The van der Waals surface area contributed by atoms with Crippen LogP contribution in [0.1, 0.15) is 11.5 Å². The third-order valence-corrected chi connectivity index (χ3v) is 4.14. The van der Waals surface area contributed by atoms with Crippen LogP contribution in [-0.4, -0.2) is 28.3 Å². The summed E-state index contributed by atoms with van der Waals surface area (Å²) in [6.45, 7) is 0. The number of aliphatic imine (C=N–C) groups is 1. The molecule has 2 unspecified atom stereocenters. The number of nitrogens with one attached hydrogen (secondary N) is 1. The first-order chi connectivity index (χ1) is 13.0. The van der Waals surface area contributed by atoms with E-state index >= 15 is 0 Å². The van der Waals surface area contributed by atoms with E-state index in [0.717, 1.165) is 18.2 Å². The van der Waals surface area contributed by atoms with Gasteiger partial charge in [0.1, 0.15) is 17.4 Å².